The highest BCUT2D eigenvalue weighted by molar-refractivity contribution is 4.95. The van der Waals surface area contributed by atoms with E-state index < -0.39 is 0 Å². The van der Waals surface area contributed by atoms with Gasteiger partial charge in [0, 0.05) is 32.5 Å². The van der Waals surface area contributed by atoms with Crippen molar-refractivity contribution in [2.24, 2.45) is 5.92 Å². The monoisotopic (exact) mass is 192 g/mol. The number of nitriles is 1. The van der Waals surface area contributed by atoms with Crippen LogP contribution in [0.25, 0.3) is 0 Å². The summed E-state index contributed by atoms with van der Waals surface area (Å²) < 4.78 is 0. The zero-order chi connectivity index (χ0) is 10.8. The molecule has 2 heteroatoms. The van der Waals surface area contributed by atoms with Crippen molar-refractivity contribution in [1.29, 1.82) is 5.26 Å². The number of rotatable bonds is 6. The van der Waals surface area contributed by atoms with Crippen LogP contribution in [-0.4, -0.2) is 24.5 Å². The molecule has 0 aromatic heterocycles. The van der Waals surface area contributed by atoms with Crippen molar-refractivity contribution in [2.75, 3.05) is 19.6 Å². The molecule has 0 saturated heterocycles. The molecule has 0 rings (SSSR count). The van der Waals surface area contributed by atoms with E-state index in [2.05, 4.69) is 36.7 Å². The van der Waals surface area contributed by atoms with E-state index in [1.54, 1.807) is 0 Å². The Kier molecular flexibility index (Phi) is 7.99. The minimum absolute atomic E-state index is 0.617. The molecule has 2 nitrogen and oxygen atoms in total. The summed E-state index contributed by atoms with van der Waals surface area (Å²) in [6, 6.07) is 2.18. The van der Waals surface area contributed by atoms with E-state index in [4.69, 9.17) is 5.26 Å². The third-order valence-corrected chi connectivity index (χ3v) is 1.89. The third kappa shape index (κ3) is 7.65. The summed E-state index contributed by atoms with van der Waals surface area (Å²) in [6.45, 7) is 9.19. The lowest BCUT2D eigenvalue weighted by Gasteiger charge is -2.21. The Morgan fingerprint density at radius 3 is 2.36 bits per heavy atom. The van der Waals surface area contributed by atoms with Crippen LogP contribution in [0.2, 0.25) is 0 Å². The van der Waals surface area contributed by atoms with Gasteiger partial charge in [0.1, 0.15) is 0 Å². The van der Waals surface area contributed by atoms with Crippen molar-refractivity contribution in [1.82, 2.24) is 4.90 Å². The maximum atomic E-state index is 8.52. The summed E-state index contributed by atoms with van der Waals surface area (Å²) in [7, 11) is 0. The Hall–Kier alpha value is -0.990. The Bertz CT molecular complexity index is 227. The summed E-state index contributed by atoms with van der Waals surface area (Å²) in [5, 5.41) is 8.52. The van der Waals surface area contributed by atoms with Crippen LogP contribution in [0.1, 0.15) is 33.6 Å². The number of hydrogen-bond donors (Lipinski definition) is 0. The molecule has 0 aromatic rings. The van der Waals surface area contributed by atoms with Crippen LogP contribution in [-0.2, 0) is 0 Å². The van der Waals surface area contributed by atoms with Gasteiger partial charge >= 0.3 is 0 Å². The molecular formula is C12H20N2. The standard InChI is InChI=1S/C12H20N2/c1-4-5-6-9-14(10-7-8-13)11-12(2)3/h12H,6-7,9-11H2,1-3H3. The first-order chi connectivity index (χ1) is 6.70. The molecule has 0 saturated carbocycles. The second-order valence-electron chi connectivity index (χ2n) is 3.78. The highest BCUT2D eigenvalue weighted by Crippen LogP contribution is 2.00. The molecule has 0 unspecified atom stereocenters. The molecule has 0 bridgehead atoms. The molecule has 14 heavy (non-hydrogen) atoms. The summed E-state index contributed by atoms with van der Waals surface area (Å²) in [5.41, 5.74) is 0. The quantitative estimate of drug-likeness (QED) is 0.604. The maximum Gasteiger partial charge on any atom is 0.0635 e. The summed E-state index contributed by atoms with van der Waals surface area (Å²) in [4.78, 5) is 2.32. The lowest BCUT2D eigenvalue weighted by atomic mass is 10.2. The van der Waals surface area contributed by atoms with Gasteiger partial charge in [-0.3, -0.25) is 0 Å². The van der Waals surface area contributed by atoms with Gasteiger partial charge in [0.05, 0.1) is 6.07 Å². The second kappa shape index (κ2) is 8.60. The van der Waals surface area contributed by atoms with Gasteiger partial charge in [0.15, 0.2) is 0 Å². The van der Waals surface area contributed by atoms with Crippen molar-refractivity contribution in [3.8, 4) is 17.9 Å². The maximum absolute atomic E-state index is 8.52. The third-order valence-electron chi connectivity index (χ3n) is 1.89. The molecule has 0 amide bonds. The van der Waals surface area contributed by atoms with Gasteiger partial charge in [-0.05, 0) is 12.8 Å². The average molecular weight is 192 g/mol. The van der Waals surface area contributed by atoms with Gasteiger partial charge in [-0.2, -0.15) is 5.26 Å². The molecule has 0 spiro atoms. The molecule has 0 fully saturated rings. The predicted octanol–water partition coefficient (Wildman–Crippen LogP) is 2.27. The van der Waals surface area contributed by atoms with E-state index in [0.717, 1.165) is 26.1 Å². The van der Waals surface area contributed by atoms with Crippen LogP contribution in [0.3, 0.4) is 0 Å². The minimum atomic E-state index is 0.617. The lowest BCUT2D eigenvalue weighted by molar-refractivity contribution is 0.255. The molecule has 78 valence electrons. The van der Waals surface area contributed by atoms with Crippen LogP contribution >= 0.6 is 0 Å². The Morgan fingerprint density at radius 2 is 1.86 bits per heavy atom. The Balaban J connectivity index is 3.82. The average Bonchev–Trinajstić information content (AvgIpc) is 2.13. The van der Waals surface area contributed by atoms with Crippen molar-refractivity contribution in [2.45, 2.75) is 33.6 Å². The van der Waals surface area contributed by atoms with Gasteiger partial charge in [0.2, 0.25) is 0 Å². The molecule has 0 radical (unpaired) electrons. The van der Waals surface area contributed by atoms with Crippen molar-refractivity contribution in [3.05, 3.63) is 0 Å². The predicted molar refractivity (Wildman–Crippen MR) is 59.6 cm³/mol. The first-order valence-electron chi connectivity index (χ1n) is 5.19. The molecule has 0 aliphatic heterocycles. The fourth-order valence-electron chi connectivity index (χ4n) is 1.36. The summed E-state index contributed by atoms with van der Waals surface area (Å²) in [5.74, 6) is 6.60. The first-order valence-corrected chi connectivity index (χ1v) is 5.19. The molecule has 0 aliphatic carbocycles. The molecule has 0 N–H and O–H groups in total. The molecule has 0 aromatic carbocycles. The summed E-state index contributed by atoms with van der Waals surface area (Å²) in [6.07, 6.45) is 1.53. The van der Waals surface area contributed by atoms with Crippen LogP contribution in [0, 0.1) is 29.1 Å². The second-order valence-corrected chi connectivity index (χ2v) is 3.78. The Morgan fingerprint density at radius 1 is 1.21 bits per heavy atom. The lowest BCUT2D eigenvalue weighted by Crippen LogP contribution is -2.29. The number of nitrogens with zero attached hydrogens (tertiary/aromatic N) is 2. The SMILES string of the molecule is CC#CCCN(CCC#N)CC(C)C. The van der Waals surface area contributed by atoms with Crippen LogP contribution < -0.4 is 0 Å². The van der Waals surface area contributed by atoms with E-state index in [1.165, 1.54) is 0 Å². The van der Waals surface area contributed by atoms with Crippen LogP contribution in [0.15, 0.2) is 0 Å². The van der Waals surface area contributed by atoms with Gasteiger partial charge < -0.3 is 4.90 Å². The highest BCUT2D eigenvalue weighted by atomic mass is 15.1. The van der Waals surface area contributed by atoms with E-state index >= 15 is 0 Å². The van der Waals surface area contributed by atoms with Crippen molar-refractivity contribution < 1.29 is 0 Å². The topological polar surface area (TPSA) is 27.0 Å². The molecule has 0 aliphatic rings. The number of hydrogen-bond acceptors (Lipinski definition) is 2. The molecular weight excluding hydrogens is 172 g/mol. The molecule has 0 heterocycles. The van der Waals surface area contributed by atoms with Crippen molar-refractivity contribution in [3.63, 3.8) is 0 Å². The smallest absolute Gasteiger partial charge is 0.0635 e. The fraction of sp³-hybridized carbons (Fsp3) is 0.750. The normalized spacial score (nSPS) is 9.71. The van der Waals surface area contributed by atoms with Gasteiger partial charge in [-0.25, -0.2) is 0 Å². The zero-order valence-corrected chi connectivity index (χ0v) is 9.51. The van der Waals surface area contributed by atoms with Crippen LogP contribution in [0.4, 0.5) is 0 Å². The largest absolute Gasteiger partial charge is 0.301 e. The van der Waals surface area contributed by atoms with Crippen LogP contribution in [0.5, 0.6) is 0 Å². The minimum Gasteiger partial charge on any atom is -0.301 e. The highest BCUT2D eigenvalue weighted by Gasteiger charge is 2.05. The fourth-order valence-corrected chi connectivity index (χ4v) is 1.36. The van der Waals surface area contributed by atoms with Gasteiger partial charge in [0.25, 0.3) is 0 Å². The van der Waals surface area contributed by atoms with E-state index in [0.29, 0.717) is 12.3 Å². The zero-order valence-electron chi connectivity index (χ0n) is 9.51. The summed E-state index contributed by atoms with van der Waals surface area (Å²) >= 11 is 0. The Labute approximate surface area is 87.9 Å². The molecule has 0 atom stereocenters. The van der Waals surface area contributed by atoms with E-state index in [-0.39, 0.29) is 0 Å². The van der Waals surface area contributed by atoms with Gasteiger partial charge in [-0.1, -0.05) is 13.8 Å². The van der Waals surface area contributed by atoms with Crippen molar-refractivity contribution >= 4 is 0 Å². The van der Waals surface area contributed by atoms with E-state index in [1.807, 2.05) is 6.92 Å². The van der Waals surface area contributed by atoms with Gasteiger partial charge in [-0.15, -0.1) is 11.8 Å². The first kappa shape index (κ1) is 13.0. The van der Waals surface area contributed by atoms with E-state index in [9.17, 15) is 0 Å².